The maximum atomic E-state index is 12.6. The number of Topliss-reactive ketones (excluding diaryl/α,β-unsaturated/α-hetero) is 1. The van der Waals surface area contributed by atoms with Crippen LogP contribution in [0.1, 0.15) is 98.8 Å². The van der Waals surface area contributed by atoms with Crippen molar-refractivity contribution in [2.24, 2.45) is 34.5 Å². The standard InChI is InChI=1S/C27H42O6/c1-6-22(29)32-18-10-12-25(4)17(14-18)8-9-19-20-11-13-27(31,16(3)28)26(20,5)15-21(24(19)25)33-23(30)7-2/h17-21,24,31H,6-15H2,1-5H3/t17?,18-,19+,20+,21-,24-,25+,26+,27+/m1/s1. The molecule has 0 saturated heterocycles. The first-order chi connectivity index (χ1) is 15.5. The number of carbonyl (C=O) groups excluding carboxylic acids is 3. The molecule has 0 spiro atoms. The van der Waals surface area contributed by atoms with Crippen LogP contribution < -0.4 is 0 Å². The van der Waals surface area contributed by atoms with E-state index in [2.05, 4.69) is 13.8 Å². The second-order valence-corrected chi connectivity index (χ2v) is 11.8. The van der Waals surface area contributed by atoms with Gasteiger partial charge in [0.1, 0.15) is 17.8 Å². The Bertz CT molecular complexity index is 808. The molecule has 1 N–H and O–H groups in total. The Kier molecular flexibility index (Phi) is 6.48. The lowest BCUT2D eigenvalue weighted by atomic mass is 9.43. The van der Waals surface area contributed by atoms with E-state index in [-0.39, 0.29) is 47.2 Å². The van der Waals surface area contributed by atoms with Crippen LogP contribution in [0.5, 0.6) is 0 Å². The SMILES string of the molecule is CCC(=O)O[C@@H]1CC[C@@]2(C)C(CC[C@@H]3[C@@H]2[C@H](OC(=O)CC)C[C@@]2(C)[C@H]3CC[C@]2(O)C(C)=O)C1. The molecule has 0 aromatic rings. The molecule has 4 aliphatic carbocycles. The topological polar surface area (TPSA) is 89.9 Å². The van der Waals surface area contributed by atoms with Gasteiger partial charge in [-0.05, 0) is 81.5 Å². The summed E-state index contributed by atoms with van der Waals surface area (Å²) < 4.78 is 11.9. The van der Waals surface area contributed by atoms with Gasteiger partial charge in [-0.25, -0.2) is 0 Å². The molecule has 4 aliphatic rings. The molecule has 0 aromatic carbocycles. The summed E-state index contributed by atoms with van der Waals surface area (Å²) in [5.41, 5.74) is -1.92. The molecule has 0 radical (unpaired) electrons. The van der Waals surface area contributed by atoms with Gasteiger partial charge in [-0.1, -0.05) is 27.7 Å². The third kappa shape index (κ3) is 3.75. The first-order valence-corrected chi connectivity index (χ1v) is 13.1. The molecule has 0 aliphatic heterocycles. The van der Waals surface area contributed by atoms with Crippen molar-refractivity contribution >= 4 is 17.7 Å². The van der Waals surface area contributed by atoms with Crippen LogP contribution in [-0.2, 0) is 23.9 Å². The van der Waals surface area contributed by atoms with E-state index in [0.29, 0.717) is 37.5 Å². The lowest BCUT2D eigenvalue weighted by Gasteiger charge is -2.63. The summed E-state index contributed by atoms with van der Waals surface area (Å²) in [5, 5.41) is 11.5. The highest BCUT2D eigenvalue weighted by Crippen LogP contribution is 2.68. The van der Waals surface area contributed by atoms with E-state index >= 15 is 0 Å². The lowest BCUT2D eigenvalue weighted by molar-refractivity contribution is -0.215. The molecule has 0 aromatic heterocycles. The fourth-order valence-corrected chi connectivity index (χ4v) is 8.63. The van der Waals surface area contributed by atoms with Crippen LogP contribution in [0.3, 0.4) is 0 Å². The van der Waals surface area contributed by atoms with Gasteiger partial charge >= 0.3 is 11.9 Å². The Hall–Kier alpha value is -1.43. The summed E-state index contributed by atoms with van der Waals surface area (Å²) in [6.07, 6.45) is 7.01. The summed E-state index contributed by atoms with van der Waals surface area (Å²) in [4.78, 5) is 37.0. The predicted molar refractivity (Wildman–Crippen MR) is 123 cm³/mol. The highest BCUT2D eigenvalue weighted by atomic mass is 16.5. The minimum Gasteiger partial charge on any atom is -0.462 e. The number of hydrogen-bond acceptors (Lipinski definition) is 6. The quantitative estimate of drug-likeness (QED) is 0.601. The van der Waals surface area contributed by atoms with Crippen molar-refractivity contribution in [1.82, 2.24) is 0 Å². The average Bonchev–Trinajstić information content (AvgIpc) is 3.05. The van der Waals surface area contributed by atoms with E-state index in [1.807, 2.05) is 13.8 Å². The van der Waals surface area contributed by atoms with E-state index in [1.165, 1.54) is 6.92 Å². The van der Waals surface area contributed by atoms with Gasteiger partial charge < -0.3 is 14.6 Å². The fraction of sp³-hybridized carbons (Fsp3) is 0.889. The molecule has 4 rings (SSSR count). The molecular formula is C27H42O6. The van der Waals surface area contributed by atoms with Gasteiger partial charge in [-0.2, -0.15) is 0 Å². The zero-order chi connectivity index (χ0) is 24.2. The lowest BCUT2D eigenvalue weighted by Crippen LogP contribution is -2.63. The molecule has 4 fully saturated rings. The van der Waals surface area contributed by atoms with Crippen molar-refractivity contribution in [3.05, 3.63) is 0 Å². The minimum absolute atomic E-state index is 0.00497. The van der Waals surface area contributed by atoms with Gasteiger partial charge in [-0.3, -0.25) is 14.4 Å². The van der Waals surface area contributed by atoms with Crippen molar-refractivity contribution in [2.75, 3.05) is 0 Å². The van der Waals surface area contributed by atoms with Crippen LogP contribution >= 0.6 is 0 Å². The molecule has 33 heavy (non-hydrogen) atoms. The van der Waals surface area contributed by atoms with Crippen LogP contribution in [-0.4, -0.2) is 40.6 Å². The van der Waals surface area contributed by atoms with Crippen LogP contribution in [0.15, 0.2) is 0 Å². The number of rotatable bonds is 5. The van der Waals surface area contributed by atoms with E-state index < -0.39 is 11.0 Å². The van der Waals surface area contributed by atoms with Gasteiger partial charge in [0, 0.05) is 24.2 Å². The highest BCUT2D eigenvalue weighted by molar-refractivity contribution is 5.86. The molecule has 0 bridgehead atoms. The van der Waals surface area contributed by atoms with Crippen molar-refractivity contribution in [3.63, 3.8) is 0 Å². The molecular weight excluding hydrogens is 420 g/mol. The van der Waals surface area contributed by atoms with Crippen LogP contribution in [0.4, 0.5) is 0 Å². The molecule has 4 saturated carbocycles. The van der Waals surface area contributed by atoms with E-state index in [1.54, 1.807) is 0 Å². The summed E-state index contributed by atoms with van der Waals surface area (Å²) in [5.74, 6) is 0.703. The molecule has 186 valence electrons. The second kappa shape index (κ2) is 8.66. The van der Waals surface area contributed by atoms with Gasteiger partial charge in [0.2, 0.25) is 0 Å². The van der Waals surface area contributed by atoms with Gasteiger partial charge in [0.15, 0.2) is 5.78 Å². The molecule has 6 nitrogen and oxygen atoms in total. The van der Waals surface area contributed by atoms with Crippen LogP contribution in [0, 0.1) is 34.5 Å². The zero-order valence-corrected chi connectivity index (χ0v) is 21.0. The summed E-state index contributed by atoms with van der Waals surface area (Å²) in [6, 6.07) is 0. The molecule has 6 heteroatoms. The first-order valence-electron chi connectivity index (χ1n) is 13.1. The zero-order valence-electron chi connectivity index (χ0n) is 21.0. The third-order valence-electron chi connectivity index (χ3n) is 10.4. The molecule has 1 unspecified atom stereocenters. The maximum Gasteiger partial charge on any atom is 0.305 e. The highest BCUT2D eigenvalue weighted by Gasteiger charge is 2.69. The van der Waals surface area contributed by atoms with Crippen molar-refractivity contribution in [2.45, 2.75) is 117 Å². The second-order valence-electron chi connectivity index (χ2n) is 11.8. The van der Waals surface area contributed by atoms with E-state index in [4.69, 9.17) is 9.47 Å². The van der Waals surface area contributed by atoms with Crippen LogP contribution in [0.2, 0.25) is 0 Å². The molecule has 0 amide bonds. The number of esters is 2. The van der Waals surface area contributed by atoms with Crippen molar-refractivity contribution in [1.29, 1.82) is 0 Å². The summed E-state index contributed by atoms with van der Waals surface area (Å²) in [7, 11) is 0. The number of carbonyl (C=O) groups is 3. The van der Waals surface area contributed by atoms with Crippen molar-refractivity contribution in [3.8, 4) is 0 Å². The monoisotopic (exact) mass is 462 g/mol. The van der Waals surface area contributed by atoms with Gasteiger partial charge in [0.05, 0.1) is 0 Å². The Balaban J connectivity index is 1.67. The Morgan fingerprint density at radius 3 is 2.24 bits per heavy atom. The summed E-state index contributed by atoms with van der Waals surface area (Å²) in [6.45, 7) is 9.56. The van der Waals surface area contributed by atoms with Crippen molar-refractivity contribution < 1.29 is 29.0 Å². The Labute approximate surface area is 198 Å². The van der Waals surface area contributed by atoms with E-state index in [0.717, 1.165) is 38.5 Å². The number of hydrogen-bond donors (Lipinski definition) is 1. The largest absolute Gasteiger partial charge is 0.462 e. The smallest absolute Gasteiger partial charge is 0.305 e. The maximum absolute atomic E-state index is 12.6. The Morgan fingerprint density at radius 2 is 1.61 bits per heavy atom. The predicted octanol–water partition coefficient (Wildman–Crippen LogP) is 4.60. The Morgan fingerprint density at radius 1 is 0.939 bits per heavy atom. The van der Waals surface area contributed by atoms with Gasteiger partial charge in [0.25, 0.3) is 0 Å². The van der Waals surface area contributed by atoms with Crippen LogP contribution in [0.25, 0.3) is 0 Å². The number of fused-ring (bicyclic) bond motifs is 5. The summed E-state index contributed by atoms with van der Waals surface area (Å²) >= 11 is 0. The molecule has 9 atom stereocenters. The van der Waals surface area contributed by atoms with E-state index in [9.17, 15) is 19.5 Å². The number of ether oxygens (including phenoxy) is 2. The number of ketones is 1. The molecule has 0 heterocycles. The normalized spacial score (nSPS) is 46.5. The van der Waals surface area contributed by atoms with Gasteiger partial charge in [-0.15, -0.1) is 0 Å². The average molecular weight is 463 g/mol. The minimum atomic E-state index is -1.34. The number of aliphatic hydroxyl groups is 1. The third-order valence-corrected chi connectivity index (χ3v) is 10.4. The fourth-order valence-electron chi connectivity index (χ4n) is 8.63. The first kappa shape index (κ1) is 24.7.